The Labute approximate surface area is 160 Å². The minimum atomic E-state index is -1.25. The first-order chi connectivity index (χ1) is 13.3. The summed E-state index contributed by atoms with van der Waals surface area (Å²) < 4.78 is 1.65. The summed E-state index contributed by atoms with van der Waals surface area (Å²) >= 11 is 0. The Bertz CT molecular complexity index is 1170. The summed E-state index contributed by atoms with van der Waals surface area (Å²) in [5.41, 5.74) is 1.77. The second-order valence-corrected chi connectivity index (χ2v) is 6.17. The molecule has 0 unspecified atom stereocenters. The summed E-state index contributed by atoms with van der Waals surface area (Å²) in [7, 11) is 1.70. The molecule has 0 aliphatic heterocycles. The number of aromatic nitrogens is 1. The average Bonchev–Trinajstić information content (AvgIpc) is 2.98. The van der Waals surface area contributed by atoms with Gasteiger partial charge in [-0.3, -0.25) is 9.59 Å². The van der Waals surface area contributed by atoms with Crippen LogP contribution in [0.3, 0.4) is 0 Å². The van der Waals surface area contributed by atoms with Crippen LogP contribution in [0.4, 0.5) is 11.4 Å². The second kappa shape index (κ2) is 7.25. The molecule has 3 N–H and O–H groups in total. The molecule has 0 aliphatic rings. The number of hydrogen-bond acceptors (Lipinski definition) is 4. The molecule has 3 aromatic rings. The quantitative estimate of drug-likeness (QED) is 0.646. The van der Waals surface area contributed by atoms with Gasteiger partial charge in [0, 0.05) is 25.0 Å². The van der Waals surface area contributed by atoms with E-state index in [0.717, 1.165) is 10.9 Å². The lowest BCUT2D eigenvalue weighted by molar-refractivity contribution is -0.114. The number of benzene rings is 2. The van der Waals surface area contributed by atoms with Crippen LogP contribution in [0.1, 0.15) is 33.3 Å². The number of nitrogens with one attached hydrogen (secondary N) is 2. The Morgan fingerprint density at radius 2 is 1.82 bits per heavy atom. The third kappa shape index (κ3) is 3.54. The minimum Gasteiger partial charge on any atom is -0.478 e. The fourth-order valence-corrected chi connectivity index (χ4v) is 2.92. The summed E-state index contributed by atoms with van der Waals surface area (Å²) in [4.78, 5) is 35.4. The van der Waals surface area contributed by atoms with Crippen LogP contribution < -0.4 is 10.6 Å². The van der Waals surface area contributed by atoms with Crippen molar-refractivity contribution in [1.82, 2.24) is 4.57 Å². The SMILES string of the molecule is CC(=O)Nc1ccc2cc(C(=O)Nc3ccc(C#N)cc3C(=O)O)n(C)c2c1. The lowest BCUT2D eigenvalue weighted by atomic mass is 10.1. The number of anilines is 2. The Kier molecular flexibility index (Phi) is 4.83. The van der Waals surface area contributed by atoms with Gasteiger partial charge in [-0.1, -0.05) is 6.07 Å². The van der Waals surface area contributed by atoms with Crippen LogP contribution in [-0.4, -0.2) is 27.5 Å². The van der Waals surface area contributed by atoms with E-state index in [2.05, 4.69) is 10.6 Å². The van der Waals surface area contributed by atoms with Crippen molar-refractivity contribution < 1.29 is 19.5 Å². The number of carboxylic acids is 1. The summed E-state index contributed by atoms with van der Waals surface area (Å²) in [6, 6.07) is 12.8. The number of fused-ring (bicyclic) bond motifs is 1. The number of nitriles is 1. The largest absolute Gasteiger partial charge is 0.478 e. The Morgan fingerprint density at radius 3 is 2.46 bits per heavy atom. The van der Waals surface area contributed by atoms with Gasteiger partial charge in [0.1, 0.15) is 5.69 Å². The third-order valence-electron chi connectivity index (χ3n) is 4.23. The second-order valence-electron chi connectivity index (χ2n) is 6.17. The summed E-state index contributed by atoms with van der Waals surface area (Å²) in [6.07, 6.45) is 0. The van der Waals surface area contributed by atoms with E-state index in [0.29, 0.717) is 11.4 Å². The number of carbonyl (C=O) groups is 3. The summed E-state index contributed by atoms with van der Waals surface area (Å²) in [5, 5.41) is 24.3. The average molecular weight is 376 g/mol. The van der Waals surface area contributed by atoms with Crippen molar-refractivity contribution in [2.45, 2.75) is 6.92 Å². The van der Waals surface area contributed by atoms with Crippen LogP contribution >= 0.6 is 0 Å². The molecular formula is C20H16N4O4. The molecule has 1 aromatic heterocycles. The fourth-order valence-electron chi connectivity index (χ4n) is 2.92. The van der Waals surface area contributed by atoms with Gasteiger partial charge in [-0.2, -0.15) is 5.26 Å². The van der Waals surface area contributed by atoms with Crippen molar-refractivity contribution in [3.63, 3.8) is 0 Å². The highest BCUT2D eigenvalue weighted by Gasteiger charge is 2.18. The van der Waals surface area contributed by atoms with E-state index < -0.39 is 11.9 Å². The van der Waals surface area contributed by atoms with Crippen LogP contribution in [0.5, 0.6) is 0 Å². The zero-order valence-corrected chi connectivity index (χ0v) is 15.1. The molecule has 8 heteroatoms. The number of aromatic carboxylic acids is 1. The van der Waals surface area contributed by atoms with Crippen molar-refractivity contribution >= 4 is 40.1 Å². The zero-order chi connectivity index (χ0) is 20.4. The van der Waals surface area contributed by atoms with Crippen LogP contribution in [0, 0.1) is 11.3 Å². The fraction of sp³-hybridized carbons (Fsp3) is 0.100. The molecule has 0 saturated heterocycles. The topological polar surface area (TPSA) is 124 Å². The van der Waals surface area contributed by atoms with Crippen molar-refractivity contribution in [2.24, 2.45) is 7.05 Å². The van der Waals surface area contributed by atoms with E-state index in [4.69, 9.17) is 5.26 Å². The van der Waals surface area contributed by atoms with E-state index in [-0.39, 0.29) is 22.7 Å². The van der Waals surface area contributed by atoms with Crippen LogP contribution in [0.15, 0.2) is 42.5 Å². The molecule has 140 valence electrons. The highest BCUT2D eigenvalue weighted by molar-refractivity contribution is 6.09. The first-order valence-electron chi connectivity index (χ1n) is 8.26. The van der Waals surface area contributed by atoms with Crippen molar-refractivity contribution in [3.8, 4) is 6.07 Å². The Morgan fingerprint density at radius 1 is 1.07 bits per heavy atom. The maximum atomic E-state index is 12.7. The number of hydrogen-bond donors (Lipinski definition) is 3. The zero-order valence-electron chi connectivity index (χ0n) is 15.1. The van der Waals surface area contributed by atoms with Crippen LogP contribution in [-0.2, 0) is 11.8 Å². The number of rotatable bonds is 4. The van der Waals surface area contributed by atoms with E-state index in [1.165, 1.54) is 25.1 Å². The highest BCUT2D eigenvalue weighted by Crippen LogP contribution is 2.24. The Balaban J connectivity index is 1.96. The molecule has 2 aromatic carbocycles. The first kappa shape index (κ1) is 18.7. The lowest BCUT2D eigenvalue weighted by Crippen LogP contribution is -2.17. The summed E-state index contributed by atoms with van der Waals surface area (Å²) in [5.74, 6) is -1.94. The molecule has 0 fully saturated rings. The van der Waals surface area contributed by atoms with Crippen LogP contribution in [0.2, 0.25) is 0 Å². The molecule has 0 spiro atoms. The van der Waals surface area contributed by atoms with E-state index in [9.17, 15) is 19.5 Å². The smallest absolute Gasteiger partial charge is 0.337 e. The van der Waals surface area contributed by atoms with Crippen molar-refractivity contribution in [2.75, 3.05) is 10.6 Å². The van der Waals surface area contributed by atoms with Gasteiger partial charge in [-0.15, -0.1) is 0 Å². The maximum Gasteiger partial charge on any atom is 0.337 e. The summed E-state index contributed by atoms with van der Waals surface area (Å²) in [6.45, 7) is 1.41. The number of amides is 2. The standard InChI is InChI=1S/C20H16N4O4/c1-11(25)22-14-5-4-13-8-18(24(2)17(13)9-14)19(26)23-16-6-3-12(10-21)7-15(16)20(27)28/h3-9H,1-2H3,(H,22,25)(H,23,26)(H,27,28). The highest BCUT2D eigenvalue weighted by atomic mass is 16.4. The van der Waals surface area contributed by atoms with E-state index in [1.807, 2.05) is 6.07 Å². The molecule has 0 atom stereocenters. The van der Waals surface area contributed by atoms with Crippen LogP contribution in [0.25, 0.3) is 10.9 Å². The predicted octanol–water partition coefficient (Wildman–Crippen LogP) is 2.96. The van der Waals surface area contributed by atoms with Crippen molar-refractivity contribution in [3.05, 3.63) is 59.3 Å². The minimum absolute atomic E-state index is 0.0979. The molecule has 0 aliphatic carbocycles. The maximum absolute atomic E-state index is 12.7. The van der Waals surface area contributed by atoms with Gasteiger partial charge in [0.05, 0.1) is 28.4 Å². The molecule has 3 rings (SSSR count). The van der Waals surface area contributed by atoms with Gasteiger partial charge in [0.2, 0.25) is 5.91 Å². The molecular weight excluding hydrogens is 360 g/mol. The van der Waals surface area contributed by atoms with E-state index >= 15 is 0 Å². The van der Waals surface area contributed by atoms with Gasteiger partial charge < -0.3 is 20.3 Å². The first-order valence-corrected chi connectivity index (χ1v) is 8.26. The molecule has 0 saturated carbocycles. The van der Waals surface area contributed by atoms with Gasteiger partial charge in [0.25, 0.3) is 5.91 Å². The molecule has 2 amide bonds. The molecule has 0 bridgehead atoms. The normalized spacial score (nSPS) is 10.3. The van der Waals surface area contributed by atoms with Crippen molar-refractivity contribution in [1.29, 1.82) is 5.26 Å². The number of aryl methyl sites for hydroxylation is 1. The van der Waals surface area contributed by atoms with Gasteiger partial charge in [-0.25, -0.2) is 4.79 Å². The van der Waals surface area contributed by atoms with Gasteiger partial charge >= 0.3 is 5.97 Å². The molecule has 0 radical (unpaired) electrons. The van der Waals surface area contributed by atoms with Gasteiger partial charge in [0.15, 0.2) is 0 Å². The molecule has 28 heavy (non-hydrogen) atoms. The molecule has 1 heterocycles. The third-order valence-corrected chi connectivity index (χ3v) is 4.23. The van der Waals surface area contributed by atoms with E-state index in [1.54, 1.807) is 35.9 Å². The Hall–Kier alpha value is -4.12. The molecule has 8 nitrogen and oxygen atoms in total. The monoisotopic (exact) mass is 376 g/mol. The number of carboxylic acid groups (broad SMARTS) is 1. The predicted molar refractivity (Wildman–Crippen MR) is 103 cm³/mol. The lowest BCUT2D eigenvalue weighted by Gasteiger charge is -2.10. The number of carbonyl (C=O) groups excluding carboxylic acids is 2. The number of nitrogens with zero attached hydrogens (tertiary/aromatic N) is 2. The van der Waals surface area contributed by atoms with Gasteiger partial charge in [-0.05, 0) is 36.4 Å².